The van der Waals surface area contributed by atoms with Crippen molar-refractivity contribution in [2.24, 2.45) is 0 Å². The molecule has 5 nitrogen and oxygen atoms in total. The molecule has 98 valence electrons. The third-order valence-corrected chi connectivity index (χ3v) is 3.79. The summed E-state index contributed by atoms with van der Waals surface area (Å²) in [6, 6.07) is 9.04. The molecule has 3 rings (SSSR count). The van der Waals surface area contributed by atoms with Gasteiger partial charge in [-0.25, -0.2) is 0 Å². The van der Waals surface area contributed by atoms with Crippen LogP contribution in [0.4, 0.5) is 10.7 Å². The van der Waals surface area contributed by atoms with Gasteiger partial charge in [-0.1, -0.05) is 0 Å². The van der Waals surface area contributed by atoms with Crippen LogP contribution < -0.4 is 11.1 Å². The molecule has 4 N–H and O–H groups in total. The number of carbonyl (C=O) groups excluding carboxylic acids is 1. The average molecular weight is 282 g/mol. The summed E-state index contributed by atoms with van der Waals surface area (Å²) in [7, 11) is 0. The first-order valence-electron chi connectivity index (χ1n) is 5.84. The summed E-state index contributed by atoms with van der Waals surface area (Å²) < 4.78 is 0. The number of nitrogen functional groups attached to an aromatic ring is 1. The number of anilines is 2. The van der Waals surface area contributed by atoms with E-state index in [4.69, 9.17) is 11.0 Å². The van der Waals surface area contributed by atoms with E-state index in [-0.39, 0.29) is 5.91 Å². The zero-order chi connectivity index (χ0) is 14.1. The molecule has 0 saturated carbocycles. The summed E-state index contributed by atoms with van der Waals surface area (Å²) in [5.74, 6) is -0.250. The lowest BCUT2D eigenvalue weighted by Crippen LogP contribution is -2.11. The SMILES string of the molecule is N#Cc1ccsc1NC(=O)c1c[nH]c2cc(N)ccc12. The third-order valence-electron chi connectivity index (χ3n) is 2.96. The van der Waals surface area contributed by atoms with E-state index in [0.717, 1.165) is 10.9 Å². The normalized spacial score (nSPS) is 10.3. The summed E-state index contributed by atoms with van der Waals surface area (Å²) in [6.07, 6.45) is 1.64. The van der Waals surface area contributed by atoms with Gasteiger partial charge < -0.3 is 16.0 Å². The highest BCUT2D eigenvalue weighted by atomic mass is 32.1. The van der Waals surface area contributed by atoms with E-state index in [1.54, 1.807) is 35.8 Å². The average Bonchev–Trinajstić information content (AvgIpc) is 3.04. The van der Waals surface area contributed by atoms with Gasteiger partial charge in [-0.05, 0) is 29.6 Å². The number of carbonyl (C=O) groups is 1. The molecule has 2 aromatic heterocycles. The summed E-state index contributed by atoms with van der Waals surface area (Å²) in [4.78, 5) is 15.3. The number of nitrogens with zero attached hydrogens (tertiary/aromatic N) is 1. The molecule has 0 aliphatic heterocycles. The summed E-state index contributed by atoms with van der Waals surface area (Å²) in [5.41, 5.74) is 8.14. The maximum absolute atomic E-state index is 12.3. The van der Waals surface area contributed by atoms with Gasteiger partial charge in [-0.2, -0.15) is 5.26 Å². The van der Waals surface area contributed by atoms with E-state index in [1.165, 1.54) is 11.3 Å². The van der Waals surface area contributed by atoms with Crippen LogP contribution in [0.1, 0.15) is 15.9 Å². The standard InChI is InChI=1S/C14H10N4OS/c15-6-8-3-4-20-14(8)18-13(19)11-7-17-12-5-9(16)1-2-10(11)12/h1-5,7,17H,16H2,(H,18,19). The van der Waals surface area contributed by atoms with Crippen molar-refractivity contribution >= 4 is 38.8 Å². The number of nitrogens with one attached hydrogen (secondary N) is 2. The van der Waals surface area contributed by atoms with Crippen LogP contribution in [0.15, 0.2) is 35.8 Å². The summed E-state index contributed by atoms with van der Waals surface area (Å²) >= 11 is 1.32. The molecular weight excluding hydrogens is 272 g/mol. The maximum atomic E-state index is 12.3. The molecule has 0 radical (unpaired) electrons. The molecule has 3 aromatic rings. The first-order chi connectivity index (χ1) is 9.69. The van der Waals surface area contributed by atoms with Crippen molar-refractivity contribution in [1.82, 2.24) is 4.98 Å². The Hall–Kier alpha value is -2.78. The molecule has 0 aliphatic rings. The first kappa shape index (κ1) is 12.3. The van der Waals surface area contributed by atoms with Crippen molar-refractivity contribution < 1.29 is 4.79 Å². The molecule has 0 saturated heterocycles. The molecule has 6 heteroatoms. The zero-order valence-corrected chi connectivity index (χ0v) is 11.1. The Balaban J connectivity index is 1.95. The number of aromatic amines is 1. The van der Waals surface area contributed by atoms with Crippen molar-refractivity contribution in [2.75, 3.05) is 11.1 Å². The second kappa shape index (κ2) is 4.72. The predicted molar refractivity (Wildman–Crippen MR) is 79.7 cm³/mol. The lowest BCUT2D eigenvalue weighted by molar-refractivity contribution is 0.102. The van der Waals surface area contributed by atoms with Crippen molar-refractivity contribution in [1.29, 1.82) is 5.26 Å². The van der Waals surface area contributed by atoms with E-state index < -0.39 is 0 Å². The Morgan fingerprint density at radius 2 is 2.25 bits per heavy atom. The molecule has 0 atom stereocenters. The number of aromatic nitrogens is 1. The van der Waals surface area contributed by atoms with Gasteiger partial charge in [-0.3, -0.25) is 4.79 Å². The zero-order valence-electron chi connectivity index (χ0n) is 10.3. The summed E-state index contributed by atoms with van der Waals surface area (Å²) in [5, 5.41) is 14.8. The topological polar surface area (TPSA) is 94.7 Å². The minimum atomic E-state index is -0.250. The van der Waals surface area contributed by atoms with Crippen LogP contribution in [0.2, 0.25) is 0 Å². The molecule has 1 amide bonds. The van der Waals surface area contributed by atoms with Crippen LogP contribution in [0.5, 0.6) is 0 Å². The number of H-pyrrole nitrogens is 1. The highest BCUT2D eigenvalue weighted by Crippen LogP contribution is 2.25. The Labute approximate surface area is 118 Å². The second-order valence-electron chi connectivity index (χ2n) is 4.24. The van der Waals surface area contributed by atoms with E-state index in [2.05, 4.69) is 10.3 Å². The number of nitrogens with two attached hydrogens (primary N) is 1. The Morgan fingerprint density at radius 3 is 3.05 bits per heavy atom. The van der Waals surface area contributed by atoms with Gasteiger partial charge in [0, 0.05) is 22.8 Å². The number of hydrogen-bond donors (Lipinski definition) is 3. The minimum absolute atomic E-state index is 0.250. The first-order valence-corrected chi connectivity index (χ1v) is 6.72. The monoisotopic (exact) mass is 282 g/mol. The lowest BCUT2D eigenvalue weighted by Gasteiger charge is -2.02. The van der Waals surface area contributed by atoms with Crippen molar-refractivity contribution in [3.05, 3.63) is 47.0 Å². The highest BCUT2D eigenvalue weighted by molar-refractivity contribution is 7.14. The van der Waals surface area contributed by atoms with Gasteiger partial charge >= 0.3 is 0 Å². The van der Waals surface area contributed by atoms with Crippen molar-refractivity contribution in [3.63, 3.8) is 0 Å². The summed E-state index contributed by atoms with van der Waals surface area (Å²) in [6.45, 7) is 0. The van der Waals surface area contributed by atoms with Crippen LogP contribution >= 0.6 is 11.3 Å². The largest absolute Gasteiger partial charge is 0.399 e. The molecular formula is C14H10N4OS. The quantitative estimate of drug-likeness (QED) is 0.631. The number of nitriles is 1. The van der Waals surface area contributed by atoms with Gasteiger partial charge in [0.15, 0.2) is 0 Å². The van der Waals surface area contributed by atoms with Crippen LogP contribution in [-0.2, 0) is 0 Å². The van der Waals surface area contributed by atoms with Crippen molar-refractivity contribution in [3.8, 4) is 6.07 Å². The third kappa shape index (κ3) is 2.00. The number of amides is 1. The van der Waals surface area contributed by atoms with Gasteiger partial charge in [0.05, 0.1) is 11.1 Å². The number of benzene rings is 1. The fraction of sp³-hybridized carbons (Fsp3) is 0. The highest BCUT2D eigenvalue weighted by Gasteiger charge is 2.14. The Morgan fingerprint density at radius 1 is 1.40 bits per heavy atom. The Bertz CT molecular complexity index is 840. The molecule has 1 aromatic carbocycles. The Kier molecular flexibility index (Phi) is 2.89. The van der Waals surface area contributed by atoms with Crippen LogP contribution in [0.25, 0.3) is 10.9 Å². The van der Waals surface area contributed by atoms with E-state index in [9.17, 15) is 4.79 Å². The molecule has 20 heavy (non-hydrogen) atoms. The number of hydrogen-bond acceptors (Lipinski definition) is 4. The molecule has 0 fully saturated rings. The van der Waals surface area contributed by atoms with E-state index in [1.807, 2.05) is 6.07 Å². The predicted octanol–water partition coefficient (Wildman–Crippen LogP) is 2.94. The molecule has 0 spiro atoms. The molecule has 0 bridgehead atoms. The second-order valence-corrected chi connectivity index (χ2v) is 5.15. The molecule has 2 heterocycles. The molecule has 0 unspecified atom stereocenters. The minimum Gasteiger partial charge on any atom is -0.399 e. The van der Waals surface area contributed by atoms with Crippen LogP contribution in [-0.4, -0.2) is 10.9 Å². The number of thiophene rings is 1. The smallest absolute Gasteiger partial charge is 0.258 e. The fourth-order valence-corrected chi connectivity index (χ4v) is 2.73. The van der Waals surface area contributed by atoms with Crippen molar-refractivity contribution in [2.45, 2.75) is 0 Å². The maximum Gasteiger partial charge on any atom is 0.258 e. The number of fused-ring (bicyclic) bond motifs is 1. The van der Waals surface area contributed by atoms with Crippen LogP contribution in [0, 0.1) is 11.3 Å². The van der Waals surface area contributed by atoms with Gasteiger partial charge in [0.2, 0.25) is 0 Å². The fourth-order valence-electron chi connectivity index (χ4n) is 2.00. The van der Waals surface area contributed by atoms with Crippen LogP contribution in [0.3, 0.4) is 0 Å². The van der Waals surface area contributed by atoms with Gasteiger partial charge in [0.1, 0.15) is 11.1 Å². The number of rotatable bonds is 2. The molecule has 0 aliphatic carbocycles. The van der Waals surface area contributed by atoms with Gasteiger partial charge in [-0.15, -0.1) is 11.3 Å². The van der Waals surface area contributed by atoms with E-state index >= 15 is 0 Å². The lowest BCUT2D eigenvalue weighted by atomic mass is 10.1. The van der Waals surface area contributed by atoms with Gasteiger partial charge in [0.25, 0.3) is 5.91 Å². The van der Waals surface area contributed by atoms with E-state index in [0.29, 0.717) is 21.8 Å².